The smallest absolute Gasteiger partial charge is 0.302 e. The molecule has 172 valence electrons. The first-order chi connectivity index (χ1) is 15.2. The average Bonchev–Trinajstić information content (AvgIpc) is 2.74. The molecule has 0 amide bonds. The highest BCUT2D eigenvalue weighted by Gasteiger charge is 2.45. The van der Waals surface area contributed by atoms with E-state index in [4.69, 9.17) is 14.2 Å². The first kappa shape index (κ1) is 23.4. The molecule has 1 saturated heterocycles. The number of carbonyl (C=O) groups is 1. The van der Waals surface area contributed by atoms with Crippen molar-refractivity contribution in [2.24, 2.45) is 0 Å². The van der Waals surface area contributed by atoms with Gasteiger partial charge in [-0.05, 0) is 23.8 Å². The Bertz CT molecular complexity index is 971. The Morgan fingerprint density at radius 2 is 1.66 bits per heavy atom. The fraction of sp³-hybridized carbons (Fsp3) is 0.318. The zero-order valence-electron chi connectivity index (χ0n) is 17.0. The minimum atomic E-state index is -1.69. The van der Waals surface area contributed by atoms with Crippen LogP contribution < -0.4 is 4.74 Å². The van der Waals surface area contributed by atoms with Crippen molar-refractivity contribution in [3.8, 4) is 23.0 Å². The first-order valence-corrected chi connectivity index (χ1v) is 9.68. The molecule has 5 atom stereocenters. The maximum Gasteiger partial charge on any atom is 0.302 e. The Morgan fingerprint density at radius 3 is 2.31 bits per heavy atom. The number of aromatic hydroxyl groups is 3. The summed E-state index contributed by atoms with van der Waals surface area (Å²) in [5.74, 6) is -1.43. The molecule has 0 bridgehead atoms. The van der Waals surface area contributed by atoms with Crippen molar-refractivity contribution < 1.29 is 49.6 Å². The summed E-state index contributed by atoms with van der Waals surface area (Å²) in [4.78, 5) is 11.1. The molecular formula is C22H24O10. The molecule has 10 heteroatoms. The summed E-state index contributed by atoms with van der Waals surface area (Å²) < 4.78 is 15.9. The lowest BCUT2D eigenvalue weighted by Gasteiger charge is -2.40. The second-order valence-electron chi connectivity index (χ2n) is 7.24. The quantitative estimate of drug-likeness (QED) is 0.274. The van der Waals surface area contributed by atoms with Crippen LogP contribution in [0.2, 0.25) is 0 Å². The monoisotopic (exact) mass is 448 g/mol. The zero-order chi connectivity index (χ0) is 23.4. The van der Waals surface area contributed by atoms with Gasteiger partial charge in [0.1, 0.15) is 42.5 Å². The van der Waals surface area contributed by atoms with E-state index in [1.807, 2.05) is 0 Å². The van der Waals surface area contributed by atoms with Crippen molar-refractivity contribution in [3.63, 3.8) is 0 Å². The largest absolute Gasteiger partial charge is 0.508 e. The molecule has 0 radical (unpaired) electrons. The number of hydrogen-bond donors (Lipinski definition) is 6. The maximum atomic E-state index is 11.1. The van der Waals surface area contributed by atoms with Crippen LogP contribution in [0.4, 0.5) is 0 Å². The Balaban J connectivity index is 1.86. The molecule has 1 aliphatic rings. The molecule has 3 rings (SSSR count). The maximum absolute atomic E-state index is 11.1. The number of rotatable bonds is 6. The number of esters is 1. The van der Waals surface area contributed by atoms with Crippen LogP contribution in [0.25, 0.3) is 12.2 Å². The second kappa shape index (κ2) is 9.88. The van der Waals surface area contributed by atoms with E-state index in [1.165, 1.54) is 24.3 Å². The molecule has 10 nitrogen and oxygen atoms in total. The number of ether oxygens (including phenoxy) is 3. The van der Waals surface area contributed by atoms with Gasteiger partial charge >= 0.3 is 5.97 Å². The van der Waals surface area contributed by atoms with Crippen molar-refractivity contribution in [2.45, 2.75) is 37.6 Å². The van der Waals surface area contributed by atoms with Crippen LogP contribution in [0.3, 0.4) is 0 Å². The molecule has 0 aliphatic carbocycles. The van der Waals surface area contributed by atoms with E-state index in [-0.39, 0.29) is 22.8 Å². The van der Waals surface area contributed by atoms with Crippen LogP contribution in [-0.4, -0.2) is 73.9 Å². The Morgan fingerprint density at radius 1 is 0.969 bits per heavy atom. The van der Waals surface area contributed by atoms with Gasteiger partial charge in [-0.25, -0.2) is 0 Å². The molecular weight excluding hydrogens is 424 g/mol. The van der Waals surface area contributed by atoms with E-state index in [1.54, 1.807) is 18.2 Å². The molecule has 1 aliphatic heterocycles. The third kappa shape index (κ3) is 5.48. The standard InChI is InChI=1S/C22H24O10/c1-11(23)30-10-17-18(27)19(28)20(29)22(31-17)32-21-13(8-15(25)9-16(21)26)5-2-12-3-6-14(24)7-4-12/h2-9,17-20,22,24-29H,10H2,1H3/t17-,18-,19+,20-,22+/m1/s1. The van der Waals surface area contributed by atoms with Crippen molar-refractivity contribution in [1.82, 2.24) is 0 Å². The molecule has 0 unspecified atom stereocenters. The minimum absolute atomic E-state index is 0.0914. The van der Waals surface area contributed by atoms with Gasteiger partial charge in [0.2, 0.25) is 6.29 Å². The number of aliphatic hydroxyl groups excluding tert-OH is 3. The Labute approximate surface area is 183 Å². The number of benzene rings is 2. The van der Waals surface area contributed by atoms with E-state index < -0.39 is 49.0 Å². The van der Waals surface area contributed by atoms with Gasteiger partial charge < -0.3 is 44.8 Å². The molecule has 0 spiro atoms. The van der Waals surface area contributed by atoms with Gasteiger partial charge in [0.25, 0.3) is 0 Å². The lowest BCUT2D eigenvalue weighted by atomic mass is 9.99. The second-order valence-corrected chi connectivity index (χ2v) is 7.24. The predicted molar refractivity (Wildman–Crippen MR) is 111 cm³/mol. The molecule has 32 heavy (non-hydrogen) atoms. The molecule has 6 N–H and O–H groups in total. The number of aliphatic hydroxyl groups is 3. The van der Waals surface area contributed by atoms with Gasteiger partial charge in [0, 0.05) is 18.6 Å². The number of hydrogen-bond acceptors (Lipinski definition) is 10. The average molecular weight is 448 g/mol. The molecule has 2 aromatic carbocycles. The molecule has 0 saturated carbocycles. The van der Waals surface area contributed by atoms with Gasteiger partial charge in [-0.15, -0.1) is 0 Å². The number of phenolic OH excluding ortho intramolecular Hbond substituents is 3. The normalized spacial score (nSPS) is 25.6. The lowest BCUT2D eigenvalue weighted by molar-refractivity contribution is -0.278. The van der Waals surface area contributed by atoms with Crippen LogP contribution >= 0.6 is 0 Å². The van der Waals surface area contributed by atoms with E-state index in [0.717, 1.165) is 13.0 Å². The number of phenols is 3. The highest BCUT2D eigenvalue weighted by Crippen LogP contribution is 2.38. The number of carbonyl (C=O) groups excluding carboxylic acids is 1. The third-order valence-electron chi connectivity index (χ3n) is 4.78. The van der Waals surface area contributed by atoms with Gasteiger partial charge in [0.15, 0.2) is 11.5 Å². The fourth-order valence-corrected chi connectivity index (χ4v) is 3.11. The predicted octanol–water partition coefficient (Wildman–Crippen LogP) is 0.723. The van der Waals surface area contributed by atoms with Gasteiger partial charge in [-0.2, -0.15) is 0 Å². The topological polar surface area (TPSA) is 166 Å². The van der Waals surface area contributed by atoms with Gasteiger partial charge in [-0.3, -0.25) is 4.79 Å². The minimum Gasteiger partial charge on any atom is -0.508 e. The Kier molecular flexibility index (Phi) is 7.21. The van der Waals surface area contributed by atoms with Crippen molar-refractivity contribution >= 4 is 18.1 Å². The van der Waals surface area contributed by atoms with E-state index in [9.17, 15) is 35.4 Å². The summed E-state index contributed by atoms with van der Waals surface area (Å²) in [6, 6.07) is 8.56. The van der Waals surface area contributed by atoms with Crippen molar-refractivity contribution in [2.75, 3.05) is 6.61 Å². The molecule has 2 aromatic rings. The summed E-state index contributed by atoms with van der Waals surface area (Å²) >= 11 is 0. The summed E-state index contributed by atoms with van der Waals surface area (Å²) in [6.45, 7) is 0.769. The highest BCUT2D eigenvalue weighted by atomic mass is 16.7. The first-order valence-electron chi connectivity index (χ1n) is 9.68. The highest BCUT2D eigenvalue weighted by molar-refractivity contribution is 5.75. The van der Waals surface area contributed by atoms with Crippen LogP contribution in [0, 0.1) is 0 Å². The van der Waals surface area contributed by atoms with Gasteiger partial charge in [-0.1, -0.05) is 24.3 Å². The van der Waals surface area contributed by atoms with Gasteiger partial charge in [0.05, 0.1) is 0 Å². The van der Waals surface area contributed by atoms with Crippen LogP contribution in [0.1, 0.15) is 18.1 Å². The summed E-state index contributed by atoms with van der Waals surface area (Å²) in [5.41, 5.74) is 0.911. The summed E-state index contributed by atoms with van der Waals surface area (Å²) in [6.07, 6.45) is -4.52. The van der Waals surface area contributed by atoms with Crippen LogP contribution in [0.5, 0.6) is 23.0 Å². The lowest BCUT2D eigenvalue weighted by Crippen LogP contribution is -2.60. The van der Waals surface area contributed by atoms with E-state index in [0.29, 0.717) is 5.56 Å². The Hall–Kier alpha value is -3.31. The fourth-order valence-electron chi connectivity index (χ4n) is 3.11. The van der Waals surface area contributed by atoms with E-state index >= 15 is 0 Å². The van der Waals surface area contributed by atoms with E-state index in [2.05, 4.69) is 0 Å². The molecule has 0 aromatic heterocycles. The molecule has 1 fully saturated rings. The summed E-state index contributed by atoms with van der Waals surface area (Å²) in [5, 5.41) is 60.1. The van der Waals surface area contributed by atoms with Crippen molar-refractivity contribution in [1.29, 1.82) is 0 Å². The van der Waals surface area contributed by atoms with Crippen LogP contribution in [0.15, 0.2) is 36.4 Å². The van der Waals surface area contributed by atoms with Crippen LogP contribution in [-0.2, 0) is 14.3 Å². The van der Waals surface area contributed by atoms with Crippen molar-refractivity contribution in [3.05, 3.63) is 47.5 Å². The third-order valence-corrected chi connectivity index (χ3v) is 4.78. The SMILES string of the molecule is CC(=O)OC[C@H]1O[C@@H](Oc2c(O)cc(O)cc2C=Cc2ccc(O)cc2)[C@H](O)[C@@H](O)[C@@H]1O. The summed E-state index contributed by atoms with van der Waals surface area (Å²) in [7, 11) is 0. The zero-order valence-corrected chi connectivity index (χ0v) is 17.0. The molecule has 1 heterocycles.